The smallest absolute Gasteiger partial charge is 0.284 e. The van der Waals surface area contributed by atoms with E-state index in [2.05, 4.69) is 5.10 Å². The van der Waals surface area contributed by atoms with Gasteiger partial charge in [-0.2, -0.15) is 17.7 Å². The Morgan fingerprint density at radius 2 is 1.70 bits per heavy atom. The summed E-state index contributed by atoms with van der Waals surface area (Å²) in [5.74, 6) is 0. The van der Waals surface area contributed by atoms with Gasteiger partial charge in [0.15, 0.2) is 12.2 Å². The monoisotopic (exact) mass is 372 g/mol. The molecule has 0 spiro atoms. The Labute approximate surface area is 152 Å². The lowest BCUT2D eigenvalue weighted by atomic mass is 10.1. The average Bonchev–Trinajstić information content (AvgIpc) is 2.98. The van der Waals surface area contributed by atoms with E-state index in [4.69, 9.17) is 0 Å². The van der Waals surface area contributed by atoms with Crippen molar-refractivity contribution in [1.29, 1.82) is 0 Å². The van der Waals surface area contributed by atoms with Gasteiger partial charge in [0.05, 0.1) is 11.3 Å². The van der Waals surface area contributed by atoms with Gasteiger partial charge in [-0.05, 0) is 44.2 Å². The Morgan fingerprint density at radius 1 is 1.04 bits per heavy atom. The third kappa shape index (κ3) is 2.79. The van der Waals surface area contributed by atoms with Crippen LogP contribution in [0.1, 0.15) is 25.5 Å². The SMILES string of the molecule is CC(C)[n+]1cc2ccccc2c2[nH]n(-c3ccc(C(F)(F)F)cc3)c(=O)c21. The van der Waals surface area contributed by atoms with Crippen LogP contribution in [0.15, 0.2) is 59.5 Å². The maximum absolute atomic E-state index is 13.1. The van der Waals surface area contributed by atoms with E-state index in [1.54, 1.807) is 0 Å². The summed E-state index contributed by atoms with van der Waals surface area (Å²) in [6.07, 6.45) is -2.49. The highest BCUT2D eigenvalue weighted by Gasteiger charge is 2.30. The summed E-state index contributed by atoms with van der Waals surface area (Å²) in [7, 11) is 0. The quantitative estimate of drug-likeness (QED) is 0.522. The predicted octanol–water partition coefficient (Wildman–Crippen LogP) is 4.36. The van der Waals surface area contributed by atoms with Gasteiger partial charge in [-0.1, -0.05) is 18.2 Å². The van der Waals surface area contributed by atoms with Crippen LogP contribution in [0.3, 0.4) is 0 Å². The number of fused-ring (bicyclic) bond motifs is 3. The van der Waals surface area contributed by atoms with Crippen molar-refractivity contribution in [1.82, 2.24) is 9.78 Å². The molecule has 0 fully saturated rings. The summed E-state index contributed by atoms with van der Waals surface area (Å²) >= 11 is 0. The van der Waals surface area contributed by atoms with Crippen LogP contribution >= 0.6 is 0 Å². The molecule has 7 heteroatoms. The number of halogens is 3. The van der Waals surface area contributed by atoms with E-state index in [0.717, 1.165) is 22.9 Å². The van der Waals surface area contributed by atoms with Crippen LogP contribution in [-0.4, -0.2) is 9.78 Å². The van der Waals surface area contributed by atoms with Gasteiger partial charge < -0.3 is 0 Å². The first-order valence-electron chi connectivity index (χ1n) is 8.52. The largest absolute Gasteiger partial charge is 0.416 e. The van der Waals surface area contributed by atoms with Crippen LogP contribution in [0.5, 0.6) is 0 Å². The van der Waals surface area contributed by atoms with Gasteiger partial charge in [0.25, 0.3) is 5.52 Å². The lowest BCUT2D eigenvalue weighted by molar-refractivity contribution is -0.690. The second kappa shape index (κ2) is 5.97. The summed E-state index contributed by atoms with van der Waals surface area (Å²) in [5, 5.41) is 4.93. The first kappa shape index (κ1) is 17.3. The Kier molecular flexibility index (Phi) is 3.83. The molecular formula is C20H17F3N3O+. The Hall–Kier alpha value is -3.09. The maximum atomic E-state index is 13.1. The molecule has 138 valence electrons. The molecule has 2 aromatic heterocycles. The minimum Gasteiger partial charge on any atom is -0.284 e. The summed E-state index contributed by atoms with van der Waals surface area (Å²) in [6.45, 7) is 3.95. The number of rotatable bonds is 2. The van der Waals surface area contributed by atoms with Gasteiger partial charge in [0, 0.05) is 10.8 Å². The van der Waals surface area contributed by atoms with E-state index in [-0.39, 0.29) is 11.6 Å². The molecule has 4 nitrogen and oxygen atoms in total. The fourth-order valence-electron chi connectivity index (χ4n) is 3.30. The Balaban J connectivity index is 2.01. The first-order valence-corrected chi connectivity index (χ1v) is 8.52. The number of benzene rings is 2. The lowest BCUT2D eigenvalue weighted by Gasteiger charge is -2.07. The maximum Gasteiger partial charge on any atom is 0.416 e. The summed E-state index contributed by atoms with van der Waals surface area (Å²) in [6, 6.07) is 12.3. The fraction of sp³-hybridized carbons (Fsp3) is 0.200. The normalized spacial score (nSPS) is 12.4. The molecule has 2 heterocycles. The molecule has 27 heavy (non-hydrogen) atoms. The standard InChI is InChI=1S/C20H16F3N3O/c1-12(2)25-11-13-5-3-4-6-16(13)17-18(25)19(27)26(24-17)15-9-7-14(8-10-15)20(21,22)23/h3-12H,1-2H3/p+1. The van der Waals surface area contributed by atoms with Gasteiger partial charge in [0.1, 0.15) is 5.52 Å². The molecule has 4 rings (SSSR count). The van der Waals surface area contributed by atoms with E-state index in [9.17, 15) is 18.0 Å². The fourth-order valence-corrected chi connectivity index (χ4v) is 3.30. The lowest BCUT2D eigenvalue weighted by Crippen LogP contribution is -2.40. The third-order valence-corrected chi connectivity index (χ3v) is 4.64. The zero-order valence-corrected chi connectivity index (χ0v) is 14.7. The molecular weight excluding hydrogens is 355 g/mol. The van der Waals surface area contributed by atoms with Crippen molar-refractivity contribution in [2.45, 2.75) is 26.1 Å². The van der Waals surface area contributed by atoms with Crippen LogP contribution in [0, 0.1) is 0 Å². The van der Waals surface area contributed by atoms with E-state index in [1.807, 2.05) is 48.9 Å². The zero-order chi connectivity index (χ0) is 19.3. The minimum atomic E-state index is -4.42. The van der Waals surface area contributed by atoms with Crippen molar-refractivity contribution < 1.29 is 17.7 Å². The molecule has 0 aliphatic rings. The number of hydrogen-bond acceptors (Lipinski definition) is 1. The van der Waals surface area contributed by atoms with Crippen LogP contribution < -0.4 is 10.1 Å². The molecule has 0 unspecified atom stereocenters. The molecule has 0 amide bonds. The highest BCUT2D eigenvalue weighted by Crippen LogP contribution is 2.29. The van der Waals surface area contributed by atoms with E-state index in [0.29, 0.717) is 16.7 Å². The first-order chi connectivity index (χ1) is 12.8. The molecule has 0 aliphatic heterocycles. The number of pyridine rings is 1. The van der Waals surface area contributed by atoms with Crippen LogP contribution in [-0.2, 0) is 6.18 Å². The van der Waals surface area contributed by atoms with E-state index < -0.39 is 11.7 Å². The van der Waals surface area contributed by atoms with Gasteiger partial charge in [0.2, 0.25) is 0 Å². The predicted molar refractivity (Wildman–Crippen MR) is 97.0 cm³/mol. The van der Waals surface area contributed by atoms with Crippen molar-refractivity contribution in [2.24, 2.45) is 0 Å². The van der Waals surface area contributed by atoms with E-state index in [1.165, 1.54) is 16.8 Å². The van der Waals surface area contributed by atoms with Crippen molar-refractivity contribution >= 4 is 21.8 Å². The van der Waals surface area contributed by atoms with Gasteiger partial charge in [-0.3, -0.25) is 9.89 Å². The number of H-pyrrole nitrogens is 1. The highest BCUT2D eigenvalue weighted by molar-refractivity contribution is 6.01. The molecule has 0 saturated carbocycles. The van der Waals surface area contributed by atoms with Crippen LogP contribution in [0.4, 0.5) is 13.2 Å². The van der Waals surface area contributed by atoms with Crippen LogP contribution in [0.2, 0.25) is 0 Å². The Bertz CT molecular complexity index is 1200. The number of aromatic amines is 1. The topological polar surface area (TPSA) is 41.7 Å². The second-order valence-electron chi connectivity index (χ2n) is 6.74. The number of nitrogens with zero attached hydrogens (tertiary/aromatic N) is 2. The molecule has 0 bridgehead atoms. The van der Waals surface area contributed by atoms with Crippen molar-refractivity contribution in [3.05, 3.63) is 70.6 Å². The van der Waals surface area contributed by atoms with Gasteiger partial charge >= 0.3 is 11.7 Å². The molecule has 4 aromatic rings. The average molecular weight is 372 g/mol. The molecule has 2 aromatic carbocycles. The van der Waals surface area contributed by atoms with E-state index >= 15 is 0 Å². The van der Waals surface area contributed by atoms with Crippen molar-refractivity contribution in [3.63, 3.8) is 0 Å². The molecule has 1 N–H and O–H groups in total. The molecule has 0 radical (unpaired) electrons. The number of nitrogens with one attached hydrogen (secondary N) is 1. The zero-order valence-electron chi connectivity index (χ0n) is 14.7. The minimum absolute atomic E-state index is 0.0432. The summed E-state index contributed by atoms with van der Waals surface area (Å²) < 4.78 is 41.6. The van der Waals surface area contributed by atoms with Gasteiger partial charge in [-0.15, -0.1) is 0 Å². The summed E-state index contributed by atoms with van der Waals surface area (Å²) in [5.41, 5.74) is 0.446. The van der Waals surface area contributed by atoms with Gasteiger partial charge in [-0.25, -0.2) is 4.68 Å². The second-order valence-corrected chi connectivity index (χ2v) is 6.74. The van der Waals surface area contributed by atoms with Crippen LogP contribution in [0.25, 0.3) is 27.5 Å². The van der Waals surface area contributed by atoms with Crippen molar-refractivity contribution in [2.75, 3.05) is 0 Å². The third-order valence-electron chi connectivity index (χ3n) is 4.64. The van der Waals surface area contributed by atoms with Crippen molar-refractivity contribution in [3.8, 4) is 5.69 Å². The number of alkyl halides is 3. The summed E-state index contributed by atoms with van der Waals surface area (Å²) in [4.78, 5) is 13.1. The Morgan fingerprint density at radius 3 is 2.33 bits per heavy atom. The molecule has 0 atom stereocenters. The highest BCUT2D eigenvalue weighted by atomic mass is 19.4. The molecule has 0 saturated heterocycles. The number of hydrogen-bond donors (Lipinski definition) is 1. The number of aromatic nitrogens is 3. The molecule has 0 aliphatic carbocycles.